The van der Waals surface area contributed by atoms with Gasteiger partial charge in [-0.3, -0.25) is 4.79 Å². The third kappa shape index (κ3) is 4.59. The Balaban J connectivity index is 1.55. The second-order valence-corrected chi connectivity index (χ2v) is 9.56. The van der Waals surface area contributed by atoms with E-state index in [0.29, 0.717) is 38.3 Å². The molecule has 1 aromatic carbocycles. The van der Waals surface area contributed by atoms with Crippen molar-refractivity contribution < 1.29 is 13.2 Å². The molecule has 0 saturated carbocycles. The van der Waals surface area contributed by atoms with Gasteiger partial charge >= 0.3 is 0 Å². The van der Waals surface area contributed by atoms with Crippen LogP contribution in [0.1, 0.15) is 24.2 Å². The van der Waals surface area contributed by atoms with Gasteiger partial charge in [0.1, 0.15) is 5.82 Å². The van der Waals surface area contributed by atoms with Crippen molar-refractivity contribution in [2.45, 2.75) is 31.3 Å². The number of benzene rings is 1. The number of nitrogens with one attached hydrogen (secondary N) is 1. The monoisotopic (exact) mass is 454 g/mol. The molecule has 2 aromatic rings. The van der Waals surface area contributed by atoms with Gasteiger partial charge in [-0.15, -0.1) is 0 Å². The molecule has 1 amide bonds. The van der Waals surface area contributed by atoms with Gasteiger partial charge in [-0.05, 0) is 37.5 Å². The van der Waals surface area contributed by atoms with Crippen LogP contribution in [0, 0.1) is 12.8 Å². The number of carbonyl (C=O) groups is 1. The van der Waals surface area contributed by atoms with Crippen LogP contribution in [0.4, 0.5) is 0 Å². The SMILES string of the molecule is Cc1nc(S(=O)(=O)N2CCC(C(=O)NCc3cccc(Br)c3)CC2)cn1C. The number of hydrogen-bond acceptors (Lipinski definition) is 4. The number of piperidine rings is 1. The summed E-state index contributed by atoms with van der Waals surface area (Å²) in [7, 11) is -1.84. The van der Waals surface area contributed by atoms with Crippen LogP contribution >= 0.6 is 15.9 Å². The third-order valence-electron chi connectivity index (χ3n) is 4.87. The highest BCUT2D eigenvalue weighted by molar-refractivity contribution is 9.10. The summed E-state index contributed by atoms with van der Waals surface area (Å²) >= 11 is 3.41. The smallest absolute Gasteiger partial charge is 0.262 e. The van der Waals surface area contributed by atoms with Crippen molar-refractivity contribution >= 4 is 31.9 Å². The fourth-order valence-corrected chi connectivity index (χ4v) is 5.06. The maximum Gasteiger partial charge on any atom is 0.262 e. The first-order valence-corrected chi connectivity index (χ1v) is 11.0. The quantitative estimate of drug-likeness (QED) is 0.750. The summed E-state index contributed by atoms with van der Waals surface area (Å²) in [6, 6.07) is 7.78. The first-order valence-electron chi connectivity index (χ1n) is 8.79. The summed E-state index contributed by atoms with van der Waals surface area (Å²) in [4.78, 5) is 16.6. The molecule has 1 aliphatic heterocycles. The molecule has 3 rings (SSSR count). The maximum atomic E-state index is 12.7. The Morgan fingerprint density at radius 2 is 2.04 bits per heavy atom. The lowest BCUT2D eigenvalue weighted by molar-refractivity contribution is -0.126. The largest absolute Gasteiger partial charge is 0.352 e. The molecular formula is C18H23BrN4O3S. The predicted molar refractivity (Wildman–Crippen MR) is 105 cm³/mol. The number of amides is 1. The molecule has 1 aliphatic rings. The van der Waals surface area contributed by atoms with Gasteiger partial charge in [-0.25, -0.2) is 13.4 Å². The zero-order chi connectivity index (χ0) is 19.6. The molecule has 0 aliphatic carbocycles. The molecule has 9 heteroatoms. The molecule has 1 saturated heterocycles. The summed E-state index contributed by atoms with van der Waals surface area (Å²) in [6.07, 6.45) is 2.55. The molecule has 1 aromatic heterocycles. The molecule has 7 nitrogen and oxygen atoms in total. The summed E-state index contributed by atoms with van der Waals surface area (Å²) in [6.45, 7) is 2.88. The van der Waals surface area contributed by atoms with E-state index < -0.39 is 10.0 Å². The standard InChI is InChI=1S/C18H23BrN4O3S/c1-13-21-17(12-22(13)2)27(25,26)23-8-6-15(7-9-23)18(24)20-11-14-4-3-5-16(19)10-14/h3-5,10,12,15H,6-9,11H2,1-2H3,(H,20,24). The summed E-state index contributed by atoms with van der Waals surface area (Å²) in [5.41, 5.74) is 1.02. The molecule has 2 heterocycles. The number of aromatic nitrogens is 2. The van der Waals surface area contributed by atoms with Gasteiger partial charge in [0.2, 0.25) is 5.91 Å². The molecule has 0 bridgehead atoms. The van der Waals surface area contributed by atoms with Gasteiger partial charge < -0.3 is 9.88 Å². The summed E-state index contributed by atoms with van der Waals surface area (Å²) in [5, 5.41) is 3.02. The van der Waals surface area contributed by atoms with Gasteiger partial charge in [0.05, 0.1) is 0 Å². The second kappa shape index (κ2) is 8.12. The number of rotatable bonds is 5. The number of carbonyl (C=O) groups excluding carboxylic acids is 1. The molecule has 1 fully saturated rings. The van der Waals surface area contributed by atoms with Gasteiger partial charge in [0.15, 0.2) is 5.03 Å². The van der Waals surface area contributed by atoms with Crippen molar-refractivity contribution in [2.24, 2.45) is 13.0 Å². The fraction of sp³-hybridized carbons (Fsp3) is 0.444. The Labute approximate surface area is 168 Å². The van der Waals surface area contributed by atoms with Crippen LogP contribution in [0.25, 0.3) is 0 Å². The van der Waals surface area contributed by atoms with Crippen molar-refractivity contribution in [1.29, 1.82) is 0 Å². The molecule has 0 atom stereocenters. The van der Waals surface area contributed by atoms with Crippen LogP contribution in [0.15, 0.2) is 40.0 Å². The Hall–Kier alpha value is -1.71. The molecule has 0 spiro atoms. The molecular weight excluding hydrogens is 432 g/mol. The van der Waals surface area contributed by atoms with E-state index in [1.165, 1.54) is 10.5 Å². The number of hydrogen-bond donors (Lipinski definition) is 1. The average molecular weight is 455 g/mol. The van der Waals surface area contributed by atoms with E-state index in [-0.39, 0.29) is 16.9 Å². The number of imidazole rings is 1. The van der Waals surface area contributed by atoms with Crippen molar-refractivity contribution in [2.75, 3.05) is 13.1 Å². The van der Waals surface area contributed by atoms with Crippen LogP contribution in [0.3, 0.4) is 0 Å². The Morgan fingerprint density at radius 3 is 2.63 bits per heavy atom. The zero-order valence-corrected chi connectivity index (χ0v) is 17.8. The molecule has 27 heavy (non-hydrogen) atoms. The minimum absolute atomic E-state index is 0.0271. The van der Waals surface area contributed by atoms with Crippen molar-refractivity contribution in [3.63, 3.8) is 0 Å². The van der Waals surface area contributed by atoms with Crippen LogP contribution in [0.5, 0.6) is 0 Å². The van der Waals surface area contributed by atoms with Crippen molar-refractivity contribution in [1.82, 2.24) is 19.2 Å². The topological polar surface area (TPSA) is 84.3 Å². The van der Waals surface area contributed by atoms with E-state index in [1.54, 1.807) is 18.5 Å². The molecule has 146 valence electrons. The van der Waals surface area contributed by atoms with E-state index in [9.17, 15) is 13.2 Å². The van der Waals surface area contributed by atoms with E-state index in [0.717, 1.165) is 10.0 Å². The van der Waals surface area contributed by atoms with Crippen LogP contribution in [-0.2, 0) is 28.4 Å². The summed E-state index contributed by atoms with van der Waals surface area (Å²) < 4.78 is 29.5. The number of sulfonamides is 1. The minimum atomic E-state index is -3.61. The third-order valence-corrected chi connectivity index (χ3v) is 7.13. The number of nitrogens with zero attached hydrogens (tertiary/aromatic N) is 3. The van der Waals surface area contributed by atoms with Gasteiger partial charge in [-0.2, -0.15) is 4.31 Å². The Kier molecular flexibility index (Phi) is 6.02. The van der Waals surface area contributed by atoms with E-state index >= 15 is 0 Å². The maximum absolute atomic E-state index is 12.7. The highest BCUT2D eigenvalue weighted by Gasteiger charge is 2.33. The van der Waals surface area contributed by atoms with Gasteiger partial charge in [0, 0.05) is 43.3 Å². The minimum Gasteiger partial charge on any atom is -0.352 e. The van der Waals surface area contributed by atoms with E-state index in [2.05, 4.69) is 26.2 Å². The molecule has 0 radical (unpaired) electrons. The van der Waals surface area contributed by atoms with Crippen LogP contribution < -0.4 is 5.32 Å². The van der Waals surface area contributed by atoms with Gasteiger partial charge in [0.25, 0.3) is 10.0 Å². The molecule has 1 N–H and O–H groups in total. The highest BCUT2D eigenvalue weighted by atomic mass is 79.9. The predicted octanol–water partition coefficient (Wildman–Crippen LogP) is 2.21. The zero-order valence-electron chi connectivity index (χ0n) is 15.4. The normalized spacial score (nSPS) is 16.4. The number of halogens is 1. The lowest BCUT2D eigenvalue weighted by Crippen LogP contribution is -2.43. The van der Waals surface area contributed by atoms with Crippen molar-refractivity contribution in [3.05, 3.63) is 46.3 Å². The van der Waals surface area contributed by atoms with Gasteiger partial charge in [-0.1, -0.05) is 28.1 Å². The first kappa shape index (κ1) is 20.0. The van der Waals surface area contributed by atoms with Crippen molar-refractivity contribution in [3.8, 4) is 0 Å². The average Bonchev–Trinajstić information content (AvgIpc) is 2.99. The van der Waals surface area contributed by atoms with Crippen LogP contribution in [0.2, 0.25) is 0 Å². The second-order valence-electron chi connectivity index (χ2n) is 6.76. The Morgan fingerprint density at radius 1 is 1.33 bits per heavy atom. The fourth-order valence-electron chi connectivity index (χ4n) is 3.12. The lowest BCUT2D eigenvalue weighted by atomic mass is 9.97. The Bertz CT molecular complexity index is 914. The molecule has 0 unspecified atom stereocenters. The van der Waals surface area contributed by atoms with E-state index in [1.807, 2.05) is 24.3 Å². The highest BCUT2D eigenvalue weighted by Crippen LogP contribution is 2.23. The van der Waals surface area contributed by atoms with Crippen LogP contribution in [-0.4, -0.2) is 41.3 Å². The first-order chi connectivity index (χ1) is 12.8. The van der Waals surface area contributed by atoms with E-state index in [4.69, 9.17) is 0 Å². The lowest BCUT2D eigenvalue weighted by Gasteiger charge is -2.29. The summed E-state index contributed by atoms with van der Waals surface area (Å²) in [5.74, 6) is 0.449. The number of aryl methyl sites for hydroxylation is 2.